The van der Waals surface area contributed by atoms with Crippen LogP contribution in [0.1, 0.15) is 78.4 Å². The van der Waals surface area contributed by atoms with Crippen LogP contribution in [-0.4, -0.2) is 66.8 Å². The van der Waals surface area contributed by atoms with Gasteiger partial charge < -0.3 is 35.8 Å². The molecule has 0 aromatic heterocycles. The lowest BCUT2D eigenvalue weighted by Crippen LogP contribution is -2.57. The molecule has 0 aliphatic heterocycles. The maximum atomic E-state index is 14.1. The van der Waals surface area contributed by atoms with E-state index in [1.54, 1.807) is 31.4 Å². The maximum Gasteiger partial charge on any atom is 0.408 e. The maximum absolute atomic E-state index is 14.1. The van der Waals surface area contributed by atoms with E-state index < -0.39 is 42.1 Å². The largest absolute Gasteiger partial charge is 0.497 e. The first kappa shape index (κ1) is 41.8. The number of carbonyl (C=O) groups is 4. The van der Waals surface area contributed by atoms with Crippen LogP contribution in [0.2, 0.25) is 0 Å². The summed E-state index contributed by atoms with van der Waals surface area (Å²) in [5.41, 5.74) is 1.58. The molecular formula is C41H58N4O7. The lowest BCUT2D eigenvalue weighted by molar-refractivity contribution is -0.131. The second-order valence-corrected chi connectivity index (χ2v) is 14.5. The van der Waals surface area contributed by atoms with Crippen LogP contribution in [-0.2, 0) is 32.1 Å². The number of methoxy groups -OCH3 is 1. The van der Waals surface area contributed by atoms with Gasteiger partial charge in [0.15, 0.2) is 0 Å². The normalized spacial score (nSPS) is 14.2. The number of amides is 4. The summed E-state index contributed by atoms with van der Waals surface area (Å²) in [4.78, 5) is 53.7. The van der Waals surface area contributed by atoms with Gasteiger partial charge in [-0.2, -0.15) is 0 Å². The van der Waals surface area contributed by atoms with Gasteiger partial charge >= 0.3 is 6.09 Å². The minimum Gasteiger partial charge on any atom is -0.497 e. The van der Waals surface area contributed by atoms with Gasteiger partial charge in [-0.15, -0.1) is 0 Å². The molecule has 3 rings (SSSR count). The van der Waals surface area contributed by atoms with Crippen molar-refractivity contribution in [2.45, 2.75) is 104 Å². The summed E-state index contributed by atoms with van der Waals surface area (Å²) in [5.74, 6) is -0.203. The molecule has 0 radical (unpaired) electrons. The Morgan fingerprint density at radius 3 is 2.08 bits per heavy atom. The minimum atomic E-state index is -1.13. The number of hydrogen-bond acceptors (Lipinski definition) is 7. The summed E-state index contributed by atoms with van der Waals surface area (Å²) in [6.45, 7) is 12.4. The number of aliphatic hydroxyl groups is 1. The van der Waals surface area contributed by atoms with Crippen molar-refractivity contribution < 1.29 is 33.8 Å². The third-order valence-corrected chi connectivity index (χ3v) is 9.04. The smallest absolute Gasteiger partial charge is 0.408 e. The van der Waals surface area contributed by atoms with Crippen molar-refractivity contribution >= 4 is 34.6 Å². The van der Waals surface area contributed by atoms with Gasteiger partial charge in [0, 0.05) is 13.0 Å². The van der Waals surface area contributed by atoms with Gasteiger partial charge in [0.2, 0.25) is 17.7 Å². The van der Waals surface area contributed by atoms with Crippen molar-refractivity contribution in [3.8, 4) is 5.75 Å². The number of nitrogens with one attached hydrogen (secondary N) is 4. The number of carbonyl (C=O) groups excluding carboxylic acids is 4. The SMILES string of the molecule is CCC(C)CNC(=O)CC(O)C(CC(C)C)NC(=O)[C@H](CC(C)C)NC(=O)[C@H](Cc1cccc2ccccc12)NC(=O)OCc1ccc(OC)cc1. The van der Waals surface area contributed by atoms with Crippen LogP contribution in [0.15, 0.2) is 66.7 Å². The fourth-order valence-corrected chi connectivity index (χ4v) is 5.87. The Kier molecular flexibility index (Phi) is 16.9. The van der Waals surface area contributed by atoms with Gasteiger partial charge in [0.1, 0.15) is 24.4 Å². The fraction of sp³-hybridized carbons (Fsp3) is 0.512. The molecule has 0 spiro atoms. The molecule has 3 aromatic carbocycles. The molecule has 11 heteroatoms. The predicted octanol–water partition coefficient (Wildman–Crippen LogP) is 5.66. The lowest BCUT2D eigenvalue weighted by Gasteiger charge is -2.29. The average Bonchev–Trinajstić information content (AvgIpc) is 3.11. The van der Waals surface area contributed by atoms with E-state index in [-0.39, 0.29) is 37.2 Å². The fourth-order valence-electron chi connectivity index (χ4n) is 5.87. The van der Waals surface area contributed by atoms with E-state index in [9.17, 15) is 24.3 Å². The molecule has 0 saturated heterocycles. The Balaban J connectivity index is 1.80. The number of benzene rings is 3. The van der Waals surface area contributed by atoms with E-state index in [2.05, 4.69) is 21.3 Å². The van der Waals surface area contributed by atoms with Crippen molar-refractivity contribution in [3.63, 3.8) is 0 Å². The van der Waals surface area contributed by atoms with Gasteiger partial charge in [-0.3, -0.25) is 14.4 Å². The minimum absolute atomic E-state index is 0.0218. The van der Waals surface area contributed by atoms with Crippen LogP contribution in [0.5, 0.6) is 5.75 Å². The van der Waals surface area contributed by atoms with E-state index in [4.69, 9.17) is 9.47 Å². The summed E-state index contributed by atoms with van der Waals surface area (Å²) in [6, 6.07) is 17.9. The second-order valence-electron chi connectivity index (χ2n) is 14.5. The highest BCUT2D eigenvalue weighted by molar-refractivity contribution is 5.92. The molecule has 284 valence electrons. The van der Waals surface area contributed by atoms with Gasteiger partial charge in [-0.1, -0.05) is 103 Å². The second kappa shape index (κ2) is 21.0. The standard InChI is InChI=1S/C41H58N4O7/c1-8-28(6)24-42-38(47)23-37(46)34(20-26(2)3)43-39(48)35(21-27(4)5)44-40(49)36(22-31-14-11-13-30-12-9-10-15-33(30)31)45-41(50)52-25-29-16-18-32(51-7)19-17-29/h9-19,26-28,34-37,46H,8,20-25H2,1-7H3,(H,42,47)(H,43,48)(H,44,49)(H,45,50)/t28?,34?,35-,36-,37?/m0/s1. The topological polar surface area (TPSA) is 155 Å². The van der Waals surface area contributed by atoms with Crippen LogP contribution in [0.3, 0.4) is 0 Å². The van der Waals surface area contributed by atoms with E-state index in [0.717, 1.165) is 28.3 Å². The molecule has 0 saturated carbocycles. The zero-order valence-corrected chi connectivity index (χ0v) is 31.7. The molecule has 52 heavy (non-hydrogen) atoms. The van der Waals surface area contributed by atoms with E-state index in [1.807, 2.05) is 84.0 Å². The monoisotopic (exact) mass is 718 g/mol. The van der Waals surface area contributed by atoms with Gasteiger partial charge in [0.25, 0.3) is 0 Å². The first-order valence-electron chi connectivity index (χ1n) is 18.4. The Bertz CT molecular complexity index is 1590. The first-order valence-corrected chi connectivity index (χ1v) is 18.4. The van der Waals surface area contributed by atoms with Crippen LogP contribution in [0.25, 0.3) is 10.8 Å². The Morgan fingerprint density at radius 2 is 1.42 bits per heavy atom. The Morgan fingerprint density at radius 1 is 0.769 bits per heavy atom. The van der Waals surface area contributed by atoms with Crippen LogP contribution in [0.4, 0.5) is 4.79 Å². The average molecular weight is 719 g/mol. The number of fused-ring (bicyclic) bond motifs is 1. The third-order valence-electron chi connectivity index (χ3n) is 9.04. The summed E-state index contributed by atoms with van der Waals surface area (Å²) < 4.78 is 10.7. The van der Waals surface area contributed by atoms with Crippen LogP contribution >= 0.6 is 0 Å². The number of alkyl carbamates (subject to hydrolysis) is 1. The summed E-state index contributed by atoms with van der Waals surface area (Å²) in [7, 11) is 1.57. The van der Waals surface area contributed by atoms with E-state index in [0.29, 0.717) is 31.1 Å². The lowest BCUT2D eigenvalue weighted by atomic mass is 9.95. The quantitative estimate of drug-likeness (QED) is 0.101. The number of aliphatic hydroxyl groups excluding tert-OH is 1. The molecule has 0 heterocycles. The van der Waals surface area contributed by atoms with E-state index >= 15 is 0 Å². The molecule has 3 unspecified atom stereocenters. The predicted molar refractivity (Wildman–Crippen MR) is 204 cm³/mol. The van der Waals surface area contributed by atoms with Crippen LogP contribution in [0, 0.1) is 17.8 Å². The highest BCUT2D eigenvalue weighted by atomic mass is 16.5. The Hall–Kier alpha value is -4.64. The number of rotatable bonds is 20. The van der Waals surface area contributed by atoms with Crippen LogP contribution < -0.4 is 26.0 Å². The summed E-state index contributed by atoms with van der Waals surface area (Å²) in [6.07, 6.45) is -0.278. The van der Waals surface area contributed by atoms with Gasteiger partial charge in [0.05, 0.1) is 25.7 Å². The van der Waals surface area contributed by atoms with Crippen molar-refractivity contribution in [2.24, 2.45) is 17.8 Å². The molecule has 11 nitrogen and oxygen atoms in total. The molecule has 5 atom stereocenters. The molecule has 3 aromatic rings. The first-order chi connectivity index (χ1) is 24.8. The molecule has 0 fully saturated rings. The molecule has 0 aliphatic carbocycles. The molecule has 4 amide bonds. The van der Waals surface area contributed by atoms with Crippen molar-refractivity contribution in [1.82, 2.24) is 21.3 Å². The zero-order chi connectivity index (χ0) is 38.2. The summed E-state index contributed by atoms with van der Waals surface area (Å²) >= 11 is 0. The van der Waals surface area contributed by atoms with Crippen molar-refractivity contribution in [3.05, 3.63) is 77.9 Å². The number of ether oxygens (including phenoxy) is 2. The molecule has 0 aliphatic rings. The highest BCUT2D eigenvalue weighted by Crippen LogP contribution is 2.21. The van der Waals surface area contributed by atoms with E-state index in [1.165, 1.54) is 0 Å². The highest BCUT2D eigenvalue weighted by Gasteiger charge is 2.32. The molecular weight excluding hydrogens is 660 g/mol. The van der Waals surface area contributed by atoms with Gasteiger partial charge in [-0.25, -0.2) is 4.79 Å². The molecule has 5 N–H and O–H groups in total. The molecule has 0 bridgehead atoms. The Labute approximate surface area is 308 Å². The zero-order valence-electron chi connectivity index (χ0n) is 31.7. The van der Waals surface area contributed by atoms with Crippen molar-refractivity contribution in [1.29, 1.82) is 0 Å². The summed E-state index contributed by atoms with van der Waals surface area (Å²) in [5, 5.41) is 24.5. The van der Waals surface area contributed by atoms with Gasteiger partial charge in [-0.05, 0) is 64.6 Å². The third kappa shape index (κ3) is 13.8. The number of hydrogen-bond donors (Lipinski definition) is 5. The van der Waals surface area contributed by atoms with Crippen molar-refractivity contribution in [2.75, 3.05) is 13.7 Å².